The molecule has 6 heteroatoms. The molecule has 5 nitrogen and oxygen atoms in total. The Kier molecular flexibility index (Phi) is 5.26. The zero-order valence-corrected chi connectivity index (χ0v) is 11.6. The number of ether oxygens (including phenoxy) is 1. The van der Waals surface area contributed by atoms with Crippen LogP contribution < -0.4 is 5.32 Å². The Hall–Kier alpha value is -1.50. The molecule has 0 aliphatic rings. The van der Waals surface area contributed by atoms with E-state index in [1.807, 2.05) is 30.3 Å². The highest BCUT2D eigenvalue weighted by atomic mass is 32.1. The van der Waals surface area contributed by atoms with Crippen LogP contribution in [0.3, 0.4) is 0 Å². The molecule has 0 saturated carbocycles. The molecule has 1 heterocycles. The maximum atomic E-state index is 9.46. The van der Waals surface area contributed by atoms with E-state index >= 15 is 0 Å². The third kappa shape index (κ3) is 3.99. The summed E-state index contributed by atoms with van der Waals surface area (Å²) in [5.74, 6) is 0.763. The standard InChI is InChI=1S/C13H17N3O2S/c1-18-8-7-12-15-13(19-16-12)14-11(9-17)10-5-3-2-4-6-10/h2-6,11,17H,7-9H2,1H3,(H,14,15,16)/t11-/m1/s1. The minimum Gasteiger partial charge on any atom is -0.394 e. The molecule has 2 N–H and O–H groups in total. The molecule has 0 fully saturated rings. The molecule has 2 rings (SSSR count). The SMILES string of the molecule is COCCc1nsc(N[C@H](CO)c2ccccc2)n1. The van der Waals surface area contributed by atoms with E-state index in [9.17, 15) is 5.11 Å². The van der Waals surface area contributed by atoms with Gasteiger partial charge in [-0.25, -0.2) is 4.98 Å². The van der Waals surface area contributed by atoms with Crippen LogP contribution in [-0.2, 0) is 11.2 Å². The van der Waals surface area contributed by atoms with Crippen LogP contribution in [0.5, 0.6) is 0 Å². The molecule has 102 valence electrons. The van der Waals surface area contributed by atoms with Crippen LogP contribution in [0.2, 0.25) is 0 Å². The van der Waals surface area contributed by atoms with Gasteiger partial charge in [0.2, 0.25) is 5.13 Å². The molecule has 1 aromatic heterocycles. The van der Waals surface area contributed by atoms with Crippen molar-refractivity contribution in [3.63, 3.8) is 0 Å². The van der Waals surface area contributed by atoms with E-state index in [1.54, 1.807) is 7.11 Å². The van der Waals surface area contributed by atoms with E-state index in [0.29, 0.717) is 18.2 Å². The summed E-state index contributed by atoms with van der Waals surface area (Å²) in [5, 5.41) is 13.4. The van der Waals surface area contributed by atoms with E-state index in [-0.39, 0.29) is 12.6 Å². The lowest BCUT2D eigenvalue weighted by atomic mass is 10.1. The highest BCUT2D eigenvalue weighted by molar-refractivity contribution is 7.09. The lowest BCUT2D eigenvalue weighted by molar-refractivity contribution is 0.201. The number of aliphatic hydroxyl groups excluding tert-OH is 1. The van der Waals surface area contributed by atoms with Gasteiger partial charge in [-0.3, -0.25) is 0 Å². The molecule has 0 amide bonds. The summed E-state index contributed by atoms with van der Waals surface area (Å²) >= 11 is 1.30. The molecule has 0 bridgehead atoms. The Morgan fingerprint density at radius 2 is 2.16 bits per heavy atom. The molecule has 1 atom stereocenters. The monoisotopic (exact) mass is 279 g/mol. The van der Waals surface area contributed by atoms with Crippen molar-refractivity contribution in [2.75, 3.05) is 25.6 Å². The molecule has 0 spiro atoms. The van der Waals surface area contributed by atoms with Crippen LogP contribution in [-0.4, -0.2) is 34.8 Å². The van der Waals surface area contributed by atoms with Crippen LogP contribution in [0, 0.1) is 0 Å². The van der Waals surface area contributed by atoms with Crippen molar-refractivity contribution in [1.29, 1.82) is 0 Å². The van der Waals surface area contributed by atoms with E-state index in [1.165, 1.54) is 11.5 Å². The molecule has 2 aromatic rings. The van der Waals surface area contributed by atoms with Crippen molar-refractivity contribution >= 4 is 16.7 Å². The number of hydrogen-bond donors (Lipinski definition) is 2. The van der Waals surface area contributed by atoms with Crippen LogP contribution in [0.15, 0.2) is 30.3 Å². The predicted octanol–water partition coefficient (Wildman–Crippen LogP) is 1.87. The summed E-state index contributed by atoms with van der Waals surface area (Å²) in [6, 6.07) is 9.63. The van der Waals surface area contributed by atoms with Crippen molar-refractivity contribution in [2.24, 2.45) is 0 Å². The predicted molar refractivity (Wildman–Crippen MR) is 75.4 cm³/mol. The smallest absolute Gasteiger partial charge is 0.203 e. The van der Waals surface area contributed by atoms with Crippen molar-refractivity contribution < 1.29 is 9.84 Å². The first-order valence-corrected chi connectivity index (χ1v) is 6.84. The average Bonchev–Trinajstić information content (AvgIpc) is 2.91. The third-order valence-electron chi connectivity index (χ3n) is 2.68. The second-order valence-corrected chi connectivity index (χ2v) is 4.80. The Morgan fingerprint density at radius 1 is 1.37 bits per heavy atom. The molecular weight excluding hydrogens is 262 g/mol. The first-order chi connectivity index (χ1) is 9.33. The lowest BCUT2D eigenvalue weighted by Gasteiger charge is -2.15. The Labute approximate surface area is 116 Å². The summed E-state index contributed by atoms with van der Waals surface area (Å²) < 4.78 is 9.23. The number of aliphatic hydroxyl groups is 1. The minimum atomic E-state index is -0.163. The Bertz CT molecular complexity index is 490. The van der Waals surface area contributed by atoms with Gasteiger partial charge in [-0.05, 0) is 5.56 Å². The van der Waals surface area contributed by atoms with Gasteiger partial charge in [0.1, 0.15) is 5.82 Å². The fourth-order valence-corrected chi connectivity index (χ4v) is 2.34. The number of rotatable bonds is 7. The van der Waals surface area contributed by atoms with E-state index in [0.717, 1.165) is 11.4 Å². The second-order valence-electron chi connectivity index (χ2n) is 4.05. The third-order valence-corrected chi connectivity index (χ3v) is 3.36. The zero-order valence-electron chi connectivity index (χ0n) is 10.7. The van der Waals surface area contributed by atoms with Crippen molar-refractivity contribution in [2.45, 2.75) is 12.5 Å². The van der Waals surface area contributed by atoms with Gasteiger partial charge < -0.3 is 15.2 Å². The van der Waals surface area contributed by atoms with Gasteiger partial charge >= 0.3 is 0 Å². The summed E-state index contributed by atoms with van der Waals surface area (Å²) in [6.07, 6.45) is 0.698. The van der Waals surface area contributed by atoms with Gasteiger partial charge in [-0.1, -0.05) is 30.3 Å². The van der Waals surface area contributed by atoms with Gasteiger partial charge in [0.15, 0.2) is 0 Å². The normalized spacial score (nSPS) is 12.3. The highest BCUT2D eigenvalue weighted by Crippen LogP contribution is 2.20. The number of anilines is 1. The van der Waals surface area contributed by atoms with E-state index < -0.39 is 0 Å². The molecule has 19 heavy (non-hydrogen) atoms. The van der Waals surface area contributed by atoms with Gasteiger partial charge in [0.25, 0.3) is 0 Å². The van der Waals surface area contributed by atoms with Crippen LogP contribution in [0.4, 0.5) is 5.13 Å². The van der Waals surface area contributed by atoms with Gasteiger partial charge in [-0.15, -0.1) is 0 Å². The first kappa shape index (κ1) is 13.9. The molecule has 0 aliphatic carbocycles. The number of methoxy groups -OCH3 is 1. The zero-order chi connectivity index (χ0) is 13.5. The van der Waals surface area contributed by atoms with E-state index in [2.05, 4.69) is 14.7 Å². The number of nitrogens with zero attached hydrogens (tertiary/aromatic N) is 2. The second kappa shape index (κ2) is 7.18. The topological polar surface area (TPSA) is 67.3 Å². The summed E-state index contributed by atoms with van der Waals surface area (Å²) in [6.45, 7) is 0.620. The Morgan fingerprint density at radius 3 is 2.84 bits per heavy atom. The van der Waals surface area contributed by atoms with Crippen molar-refractivity contribution in [3.8, 4) is 0 Å². The van der Waals surface area contributed by atoms with Gasteiger partial charge in [-0.2, -0.15) is 4.37 Å². The van der Waals surface area contributed by atoms with Gasteiger partial charge in [0.05, 0.1) is 19.3 Å². The molecule has 0 radical (unpaired) electrons. The van der Waals surface area contributed by atoms with Crippen LogP contribution >= 0.6 is 11.5 Å². The highest BCUT2D eigenvalue weighted by Gasteiger charge is 2.12. The number of benzene rings is 1. The van der Waals surface area contributed by atoms with Crippen LogP contribution in [0.25, 0.3) is 0 Å². The fourth-order valence-electron chi connectivity index (χ4n) is 1.68. The van der Waals surface area contributed by atoms with E-state index in [4.69, 9.17) is 4.74 Å². The molecule has 0 unspecified atom stereocenters. The quantitative estimate of drug-likeness (QED) is 0.810. The number of aromatic nitrogens is 2. The largest absolute Gasteiger partial charge is 0.394 e. The molecular formula is C13H17N3O2S. The summed E-state index contributed by atoms with van der Waals surface area (Å²) in [4.78, 5) is 4.37. The summed E-state index contributed by atoms with van der Waals surface area (Å²) in [7, 11) is 1.66. The van der Waals surface area contributed by atoms with Crippen molar-refractivity contribution in [1.82, 2.24) is 9.36 Å². The van der Waals surface area contributed by atoms with Gasteiger partial charge in [0, 0.05) is 25.1 Å². The maximum Gasteiger partial charge on any atom is 0.203 e. The fraction of sp³-hybridized carbons (Fsp3) is 0.385. The van der Waals surface area contributed by atoms with Crippen molar-refractivity contribution in [3.05, 3.63) is 41.7 Å². The minimum absolute atomic E-state index is 0.0109. The van der Waals surface area contributed by atoms with Crippen LogP contribution in [0.1, 0.15) is 17.4 Å². The average molecular weight is 279 g/mol. The molecule has 0 aliphatic heterocycles. The molecule has 0 saturated heterocycles. The Balaban J connectivity index is 2.00. The lowest BCUT2D eigenvalue weighted by Crippen LogP contribution is -2.14. The number of hydrogen-bond acceptors (Lipinski definition) is 6. The maximum absolute atomic E-state index is 9.46. The summed E-state index contributed by atoms with van der Waals surface area (Å²) in [5.41, 5.74) is 1.03. The molecule has 1 aromatic carbocycles. The number of nitrogens with one attached hydrogen (secondary N) is 1. The first-order valence-electron chi connectivity index (χ1n) is 6.07.